The van der Waals surface area contributed by atoms with Crippen molar-refractivity contribution in [3.8, 4) is 0 Å². The van der Waals surface area contributed by atoms with Crippen LogP contribution in [-0.2, 0) is 6.18 Å². The Morgan fingerprint density at radius 1 is 0.870 bits per heavy atom. The van der Waals surface area contributed by atoms with E-state index in [4.69, 9.17) is 0 Å². The molecule has 1 heterocycles. The monoisotopic (exact) mass is 384 g/mol. The van der Waals surface area contributed by atoms with Crippen molar-refractivity contribution in [3.63, 3.8) is 0 Å². The molecule has 10 heteroatoms. The van der Waals surface area contributed by atoms with Gasteiger partial charge in [-0.15, -0.1) is 24.8 Å². The summed E-state index contributed by atoms with van der Waals surface area (Å²) < 4.78 is 77.1. The maximum Gasteiger partial charge on any atom is 0.416 e. The Bertz CT molecular complexity index is 469. The lowest BCUT2D eigenvalue weighted by atomic mass is 10.0. The van der Waals surface area contributed by atoms with Crippen LogP contribution in [0.15, 0.2) is 24.3 Å². The molecule has 0 spiro atoms. The van der Waals surface area contributed by atoms with Crippen LogP contribution in [0.2, 0.25) is 0 Å². The highest BCUT2D eigenvalue weighted by atomic mass is 35.5. The van der Waals surface area contributed by atoms with Gasteiger partial charge in [0.15, 0.2) is 0 Å². The number of nitrogens with one attached hydrogen (secondary N) is 1. The van der Waals surface area contributed by atoms with Crippen LogP contribution in [0.5, 0.6) is 0 Å². The van der Waals surface area contributed by atoms with Crippen molar-refractivity contribution in [2.75, 3.05) is 26.2 Å². The standard InChI is InChI=1S/C13H14F6N2.2ClH/c14-12(15,16)10-3-1-9(2-4-10)11(13(17,18)19)21-7-5-20-6-8-21;;/h1-4,11,20H,5-8H2;2*1H/t11-;;/m0../s1. The molecule has 1 atom stereocenters. The predicted octanol–water partition coefficient (Wildman–Crippen LogP) is 4.06. The molecule has 0 amide bonds. The smallest absolute Gasteiger partial charge is 0.314 e. The number of piperazine rings is 1. The lowest BCUT2D eigenvalue weighted by Gasteiger charge is -2.36. The van der Waals surface area contributed by atoms with Crippen molar-refractivity contribution < 1.29 is 26.3 Å². The van der Waals surface area contributed by atoms with Gasteiger partial charge in [0.05, 0.1) is 5.56 Å². The fraction of sp³-hybridized carbons (Fsp3) is 0.538. The molecule has 1 saturated heterocycles. The molecule has 1 fully saturated rings. The Morgan fingerprint density at radius 2 is 1.35 bits per heavy atom. The van der Waals surface area contributed by atoms with Gasteiger partial charge in [-0.25, -0.2) is 0 Å². The quantitative estimate of drug-likeness (QED) is 0.773. The third-order valence-corrected chi connectivity index (χ3v) is 3.38. The number of alkyl halides is 6. The van der Waals surface area contributed by atoms with Crippen molar-refractivity contribution in [3.05, 3.63) is 35.4 Å². The zero-order chi connectivity index (χ0) is 15.7. The third-order valence-electron chi connectivity index (χ3n) is 3.38. The first-order valence-electron chi connectivity index (χ1n) is 6.38. The molecule has 1 aromatic rings. The van der Waals surface area contributed by atoms with Gasteiger partial charge in [0.1, 0.15) is 6.04 Å². The van der Waals surface area contributed by atoms with Crippen molar-refractivity contribution in [1.82, 2.24) is 10.2 Å². The lowest BCUT2D eigenvalue weighted by Crippen LogP contribution is -2.49. The van der Waals surface area contributed by atoms with Crippen LogP contribution in [0.3, 0.4) is 0 Å². The molecule has 0 aliphatic carbocycles. The number of benzene rings is 1. The third kappa shape index (κ3) is 5.70. The van der Waals surface area contributed by atoms with E-state index in [0.717, 1.165) is 12.1 Å². The van der Waals surface area contributed by atoms with E-state index in [2.05, 4.69) is 5.32 Å². The lowest BCUT2D eigenvalue weighted by molar-refractivity contribution is -0.187. The Labute approximate surface area is 142 Å². The van der Waals surface area contributed by atoms with Gasteiger partial charge in [-0.1, -0.05) is 12.1 Å². The van der Waals surface area contributed by atoms with E-state index in [1.807, 2.05) is 0 Å². The summed E-state index contributed by atoms with van der Waals surface area (Å²) in [6.45, 7) is 1.25. The zero-order valence-electron chi connectivity index (χ0n) is 11.7. The Hall–Kier alpha value is -0.700. The van der Waals surface area contributed by atoms with Gasteiger partial charge >= 0.3 is 12.4 Å². The number of hydrogen-bond donors (Lipinski definition) is 1. The molecule has 0 radical (unpaired) electrons. The Balaban J connectivity index is 0.00000242. The number of nitrogens with zero attached hydrogens (tertiary/aromatic N) is 1. The molecule has 2 rings (SSSR count). The highest BCUT2D eigenvalue weighted by Crippen LogP contribution is 2.39. The van der Waals surface area contributed by atoms with Crippen LogP contribution in [0.25, 0.3) is 0 Å². The maximum atomic E-state index is 13.2. The van der Waals surface area contributed by atoms with Gasteiger partial charge in [0.25, 0.3) is 0 Å². The van der Waals surface area contributed by atoms with Crippen LogP contribution < -0.4 is 5.32 Å². The molecular formula is C13H16Cl2F6N2. The summed E-state index contributed by atoms with van der Waals surface area (Å²) in [5.74, 6) is 0. The summed E-state index contributed by atoms with van der Waals surface area (Å²) >= 11 is 0. The number of rotatable bonds is 2. The molecule has 0 aromatic heterocycles. The van der Waals surface area contributed by atoms with Crippen LogP contribution >= 0.6 is 24.8 Å². The van der Waals surface area contributed by atoms with Crippen LogP contribution in [-0.4, -0.2) is 37.3 Å². The van der Waals surface area contributed by atoms with Crippen molar-refractivity contribution in [1.29, 1.82) is 0 Å². The zero-order valence-corrected chi connectivity index (χ0v) is 13.4. The normalized spacial score (nSPS) is 17.8. The second-order valence-electron chi connectivity index (χ2n) is 4.85. The average molecular weight is 385 g/mol. The maximum absolute atomic E-state index is 13.2. The first-order valence-corrected chi connectivity index (χ1v) is 6.38. The molecule has 1 aromatic carbocycles. The molecule has 1 aliphatic heterocycles. The fourth-order valence-corrected chi connectivity index (χ4v) is 2.40. The predicted molar refractivity (Wildman–Crippen MR) is 79.2 cm³/mol. The van der Waals surface area contributed by atoms with E-state index in [-0.39, 0.29) is 43.5 Å². The molecular weight excluding hydrogens is 369 g/mol. The summed E-state index contributed by atoms with van der Waals surface area (Å²) in [6, 6.07) is 1.32. The van der Waals surface area contributed by atoms with Gasteiger partial charge in [0.2, 0.25) is 0 Å². The minimum atomic E-state index is -4.55. The summed E-state index contributed by atoms with van der Waals surface area (Å²) in [5, 5.41) is 2.94. The molecule has 0 saturated carbocycles. The number of hydrogen-bond acceptors (Lipinski definition) is 2. The second-order valence-corrected chi connectivity index (χ2v) is 4.85. The first-order chi connectivity index (χ1) is 9.69. The Morgan fingerprint density at radius 3 is 1.74 bits per heavy atom. The van der Waals surface area contributed by atoms with Gasteiger partial charge in [-0.2, -0.15) is 26.3 Å². The van der Waals surface area contributed by atoms with E-state index in [1.165, 1.54) is 4.90 Å². The minimum absolute atomic E-state index is 0. The van der Waals surface area contributed by atoms with E-state index < -0.39 is 24.0 Å². The molecule has 2 nitrogen and oxygen atoms in total. The summed E-state index contributed by atoms with van der Waals surface area (Å²) in [5.41, 5.74) is -1.12. The SMILES string of the molecule is Cl.Cl.FC(F)(F)c1ccc([C@H](N2CCNCC2)C(F)(F)F)cc1. The Kier molecular flexibility index (Phi) is 8.16. The van der Waals surface area contributed by atoms with Crippen LogP contribution in [0, 0.1) is 0 Å². The molecule has 0 unspecified atom stereocenters. The molecule has 1 aliphatic rings. The van der Waals surface area contributed by atoms with Crippen LogP contribution in [0.4, 0.5) is 26.3 Å². The first kappa shape index (κ1) is 22.3. The largest absolute Gasteiger partial charge is 0.416 e. The van der Waals surface area contributed by atoms with E-state index >= 15 is 0 Å². The fourth-order valence-electron chi connectivity index (χ4n) is 2.40. The summed E-state index contributed by atoms with van der Waals surface area (Å²) in [7, 11) is 0. The van der Waals surface area contributed by atoms with Gasteiger partial charge in [-0.3, -0.25) is 4.90 Å². The van der Waals surface area contributed by atoms with Crippen molar-refractivity contribution in [2.45, 2.75) is 18.4 Å². The minimum Gasteiger partial charge on any atom is -0.314 e. The molecule has 1 N–H and O–H groups in total. The van der Waals surface area contributed by atoms with E-state index in [9.17, 15) is 26.3 Å². The molecule has 0 bridgehead atoms. The van der Waals surface area contributed by atoms with Crippen LogP contribution in [0.1, 0.15) is 17.2 Å². The molecule has 134 valence electrons. The van der Waals surface area contributed by atoms with E-state index in [1.54, 1.807) is 0 Å². The van der Waals surface area contributed by atoms with Gasteiger partial charge in [-0.05, 0) is 17.7 Å². The molecule has 23 heavy (non-hydrogen) atoms. The average Bonchev–Trinajstić information content (AvgIpc) is 2.38. The van der Waals surface area contributed by atoms with Gasteiger partial charge < -0.3 is 5.32 Å². The topological polar surface area (TPSA) is 15.3 Å². The van der Waals surface area contributed by atoms with E-state index in [0.29, 0.717) is 25.2 Å². The second kappa shape index (κ2) is 8.41. The highest BCUT2D eigenvalue weighted by Gasteiger charge is 2.45. The van der Waals surface area contributed by atoms with Crippen molar-refractivity contribution >= 4 is 24.8 Å². The number of halogens is 8. The van der Waals surface area contributed by atoms with Crippen molar-refractivity contribution in [2.24, 2.45) is 0 Å². The van der Waals surface area contributed by atoms with Gasteiger partial charge in [0, 0.05) is 26.2 Å². The highest BCUT2D eigenvalue weighted by molar-refractivity contribution is 5.85. The summed E-state index contributed by atoms with van der Waals surface area (Å²) in [6.07, 6.45) is -9.08. The summed E-state index contributed by atoms with van der Waals surface area (Å²) in [4.78, 5) is 1.24.